The second-order valence-electron chi connectivity index (χ2n) is 6.24. The van der Waals surface area contributed by atoms with Crippen LogP contribution >= 0.6 is 0 Å². The van der Waals surface area contributed by atoms with E-state index in [1.807, 2.05) is 6.07 Å². The number of rotatable bonds is 3. The summed E-state index contributed by atoms with van der Waals surface area (Å²) in [5.74, 6) is 1.12. The van der Waals surface area contributed by atoms with E-state index in [4.69, 9.17) is 0 Å². The highest BCUT2D eigenvalue weighted by Gasteiger charge is 2.22. The van der Waals surface area contributed by atoms with Crippen molar-refractivity contribution in [3.8, 4) is 0 Å². The van der Waals surface area contributed by atoms with Gasteiger partial charge in [-0.05, 0) is 24.8 Å². The minimum absolute atomic E-state index is 0.0753. The summed E-state index contributed by atoms with van der Waals surface area (Å²) >= 11 is 0. The third-order valence-corrected chi connectivity index (χ3v) is 4.42. The maximum atomic E-state index is 12.6. The van der Waals surface area contributed by atoms with Crippen molar-refractivity contribution in [1.29, 1.82) is 0 Å². The van der Waals surface area contributed by atoms with Gasteiger partial charge in [0.25, 0.3) is 5.56 Å². The Hall–Kier alpha value is -2.77. The quantitative estimate of drug-likeness (QED) is 0.710. The first-order valence-electron chi connectivity index (χ1n) is 8.11. The number of aromatic nitrogens is 6. The Morgan fingerprint density at radius 2 is 2.08 bits per heavy atom. The van der Waals surface area contributed by atoms with Crippen LogP contribution in [0, 0.1) is 5.92 Å². The fourth-order valence-corrected chi connectivity index (χ4v) is 3.30. The highest BCUT2D eigenvalue weighted by molar-refractivity contribution is 5.71. The van der Waals surface area contributed by atoms with Gasteiger partial charge in [0.1, 0.15) is 5.52 Å². The average Bonchev–Trinajstić information content (AvgIpc) is 3.00. The smallest absolute Gasteiger partial charge is 0.281 e. The molecule has 8 heteroatoms. The molecule has 0 bridgehead atoms. The van der Waals surface area contributed by atoms with Crippen LogP contribution in [-0.2, 0) is 13.6 Å². The molecular formula is C16H19N7O. The summed E-state index contributed by atoms with van der Waals surface area (Å²) in [6, 6.07) is 1.82. The summed E-state index contributed by atoms with van der Waals surface area (Å²) < 4.78 is 3.30. The molecule has 124 valence electrons. The van der Waals surface area contributed by atoms with Gasteiger partial charge in [0.2, 0.25) is 5.95 Å². The number of fused-ring (bicyclic) bond motifs is 1. The fourth-order valence-electron chi connectivity index (χ4n) is 3.30. The number of hydrogen-bond acceptors (Lipinski definition) is 6. The zero-order chi connectivity index (χ0) is 16.5. The zero-order valence-electron chi connectivity index (χ0n) is 13.5. The van der Waals surface area contributed by atoms with Crippen molar-refractivity contribution < 1.29 is 0 Å². The second kappa shape index (κ2) is 6.03. The molecule has 4 rings (SSSR count). The van der Waals surface area contributed by atoms with Gasteiger partial charge in [0.05, 0.1) is 12.5 Å². The molecule has 8 nitrogen and oxygen atoms in total. The lowest BCUT2D eigenvalue weighted by molar-refractivity contribution is 0.359. The molecule has 24 heavy (non-hydrogen) atoms. The van der Waals surface area contributed by atoms with Crippen molar-refractivity contribution in [2.24, 2.45) is 13.0 Å². The summed E-state index contributed by atoms with van der Waals surface area (Å²) in [6.07, 6.45) is 9.05. The molecule has 3 aromatic heterocycles. The molecule has 0 N–H and O–H groups in total. The van der Waals surface area contributed by atoms with Crippen LogP contribution in [0.1, 0.15) is 12.8 Å². The van der Waals surface area contributed by atoms with Crippen LogP contribution in [0.25, 0.3) is 11.0 Å². The molecule has 0 radical (unpaired) electrons. The van der Waals surface area contributed by atoms with Gasteiger partial charge in [-0.15, -0.1) is 0 Å². The van der Waals surface area contributed by atoms with Crippen molar-refractivity contribution in [1.82, 2.24) is 29.3 Å². The van der Waals surface area contributed by atoms with E-state index < -0.39 is 0 Å². The molecule has 3 aromatic rings. The monoisotopic (exact) mass is 325 g/mol. The van der Waals surface area contributed by atoms with Gasteiger partial charge in [-0.25, -0.2) is 15.0 Å². The fraction of sp³-hybridized carbons (Fsp3) is 0.438. The van der Waals surface area contributed by atoms with E-state index in [0.717, 1.165) is 31.9 Å². The van der Waals surface area contributed by atoms with Crippen LogP contribution in [0.4, 0.5) is 5.95 Å². The summed E-state index contributed by atoms with van der Waals surface area (Å²) in [5.41, 5.74) is 0.995. The lowest BCUT2D eigenvalue weighted by atomic mass is 9.98. The van der Waals surface area contributed by atoms with Gasteiger partial charge in [-0.1, -0.05) is 0 Å². The molecule has 0 aromatic carbocycles. The van der Waals surface area contributed by atoms with Crippen molar-refractivity contribution in [2.45, 2.75) is 19.4 Å². The SMILES string of the molecule is Cn1cc2ncn(CC3CCCN(c4ncccn4)C3)c(=O)c2n1. The highest BCUT2D eigenvalue weighted by Crippen LogP contribution is 2.21. The standard InChI is InChI=1S/C16H19N7O/c1-21-10-13-14(20-21)15(24)23(11-19-13)9-12-4-2-7-22(8-12)16-17-5-3-6-18-16/h3,5-6,10-12H,2,4,7-9H2,1H3. The molecule has 1 unspecified atom stereocenters. The maximum Gasteiger partial charge on any atom is 0.281 e. The Morgan fingerprint density at radius 3 is 2.92 bits per heavy atom. The normalized spacial score (nSPS) is 18.2. The number of piperidine rings is 1. The number of aryl methyl sites for hydroxylation is 1. The van der Waals surface area contributed by atoms with Crippen molar-refractivity contribution in [2.75, 3.05) is 18.0 Å². The van der Waals surface area contributed by atoms with Gasteiger partial charge >= 0.3 is 0 Å². The van der Waals surface area contributed by atoms with Crippen LogP contribution in [-0.4, -0.2) is 42.4 Å². The Morgan fingerprint density at radius 1 is 1.25 bits per heavy atom. The first kappa shape index (κ1) is 14.8. The Balaban J connectivity index is 1.55. The summed E-state index contributed by atoms with van der Waals surface area (Å²) in [5, 5.41) is 4.22. The molecule has 1 fully saturated rings. The van der Waals surface area contributed by atoms with Crippen molar-refractivity contribution in [3.63, 3.8) is 0 Å². The molecule has 1 atom stereocenters. The van der Waals surface area contributed by atoms with E-state index in [2.05, 4.69) is 25.0 Å². The number of hydrogen-bond donors (Lipinski definition) is 0. The predicted molar refractivity (Wildman–Crippen MR) is 89.7 cm³/mol. The van der Waals surface area contributed by atoms with Crippen LogP contribution in [0.3, 0.4) is 0 Å². The minimum Gasteiger partial charge on any atom is -0.340 e. The van der Waals surface area contributed by atoms with E-state index in [1.165, 1.54) is 0 Å². The molecule has 1 aliphatic heterocycles. The van der Waals surface area contributed by atoms with Gasteiger partial charge < -0.3 is 4.90 Å². The van der Waals surface area contributed by atoms with E-state index in [0.29, 0.717) is 23.5 Å². The molecule has 4 heterocycles. The van der Waals surface area contributed by atoms with Gasteiger partial charge in [0, 0.05) is 39.1 Å². The predicted octanol–water partition coefficient (Wildman–Crippen LogP) is 0.837. The summed E-state index contributed by atoms with van der Waals surface area (Å²) in [4.78, 5) is 27.8. The molecular weight excluding hydrogens is 306 g/mol. The molecule has 1 saturated heterocycles. The zero-order valence-corrected chi connectivity index (χ0v) is 13.5. The topological polar surface area (TPSA) is 81.7 Å². The van der Waals surface area contributed by atoms with E-state index in [-0.39, 0.29) is 5.56 Å². The Kier molecular flexibility index (Phi) is 3.72. The van der Waals surface area contributed by atoms with E-state index in [9.17, 15) is 4.79 Å². The van der Waals surface area contributed by atoms with Crippen LogP contribution in [0.5, 0.6) is 0 Å². The largest absolute Gasteiger partial charge is 0.340 e. The molecule has 1 aliphatic rings. The molecule has 0 aliphatic carbocycles. The third kappa shape index (κ3) is 2.75. The molecule has 0 spiro atoms. The van der Waals surface area contributed by atoms with Crippen LogP contribution < -0.4 is 10.5 Å². The van der Waals surface area contributed by atoms with Gasteiger partial charge in [-0.2, -0.15) is 5.10 Å². The lowest BCUT2D eigenvalue weighted by Crippen LogP contribution is -2.39. The number of anilines is 1. The maximum absolute atomic E-state index is 12.6. The summed E-state index contributed by atoms with van der Waals surface area (Å²) in [6.45, 7) is 2.44. The second-order valence-corrected chi connectivity index (χ2v) is 6.24. The summed E-state index contributed by atoms with van der Waals surface area (Å²) in [7, 11) is 1.80. The Bertz CT molecular complexity index is 902. The molecule has 0 saturated carbocycles. The molecule has 0 amide bonds. The minimum atomic E-state index is -0.0753. The van der Waals surface area contributed by atoms with E-state index >= 15 is 0 Å². The average molecular weight is 325 g/mol. The van der Waals surface area contributed by atoms with Crippen molar-refractivity contribution >= 4 is 17.0 Å². The highest BCUT2D eigenvalue weighted by atomic mass is 16.1. The van der Waals surface area contributed by atoms with Crippen LogP contribution in [0.2, 0.25) is 0 Å². The van der Waals surface area contributed by atoms with Gasteiger partial charge in [-0.3, -0.25) is 14.0 Å². The van der Waals surface area contributed by atoms with E-state index in [1.54, 1.807) is 41.2 Å². The number of nitrogens with zero attached hydrogens (tertiary/aromatic N) is 7. The first-order chi connectivity index (χ1) is 11.7. The first-order valence-corrected chi connectivity index (χ1v) is 8.11. The van der Waals surface area contributed by atoms with Crippen LogP contribution in [0.15, 0.2) is 35.8 Å². The van der Waals surface area contributed by atoms with Crippen molar-refractivity contribution in [3.05, 3.63) is 41.3 Å². The Labute approximate surface area is 138 Å². The third-order valence-electron chi connectivity index (χ3n) is 4.42. The van der Waals surface area contributed by atoms with Gasteiger partial charge in [0.15, 0.2) is 5.52 Å². The lowest BCUT2D eigenvalue weighted by Gasteiger charge is -2.32.